The zero-order valence-corrected chi connectivity index (χ0v) is 15.3. The lowest BCUT2D eigenvalue weighted by atomic mass is 9.94. The molecule has 0 saturated carbocycles. The Labute approximate surface area is 157 Å². The third-order valence-electron chi connectivity index (χ3n) is 5.62. The van der Waals surface area contributed by atoms with E-state index in [-0.39, 0.29) is 11.7 Å². The number of benzene rings is 2. The number of rotatable bonds is 3. The van der Waals surface area contributed by atoms with E-state index < -0.39 is 15.1 Å². The van der Waals surface area contributed by atoms with Crippen molar-refractivity contribution in [2.45, 2.75) is 22.6 Å². The fourth-order valence-electron chi connectivity index (χ4n) is 4.32. The molecule has 2 aliphatic heterocycles. The van der Waals surface area contributed by atoms with E-state index in [0.29, 0.717) is 24.5 Å². The zero-order chi connectivity index (χ0) is 18.6. The number of furan rings is 1. The maximum atomic E-state index is 13.2. The molecule has 0 N–H and O–H groups in total. The van der Waals surface area contributed by atoms with Gasteiger partial charge in [0, 0.05) is 31.1 Å². The van der Waals surface area contributed by atoms with Crippen molar-refractivity contribution in [1.82, 2.24) is 4.90 Å². The molecule has 1 aromatic heterocycles. The van der Waals surface area contributed by atoms with Gasteiger partial charge in [0.2, 0.25) is 0 Å². The molecule has 2 aliphatic rings. The minimum atomic E-state index is -3.33. The van der Waals surface area contributed by atoms with Crippen LogP contribution in [0, 0.1) is 5.82 Å². The summed E-state index contributed by atoms with van der Waals surface area (Å²) >= 11 is 0. The molecule has 0 unspecified atom stereocenters. The molecule has 0 spiro atoms. The average molecular weight is 383 g/mol. The second kappa shape index (κ2) is 6.04. The Bertz CT molecular complexity index is 1090. The van der Waals surface area contributed by atoms with Gasteiger partial charge < -0.3 is 4.42 Å². The second-order valence-electron chi connectivity index (χ2n) is 7.28. The maximum Gasteiger partial charge on any atom is 0.183 e. The molecule has 4 nitrogen and oxygen atoms in total. The number of hydrogen-bond donors (Lipinski definition) is 0. The summed E-state index contributed by atoms with van der Waals surface area (Å²) in [4.78, 5) is 2.62. The first-order chi connectivity index (χ1) is 13.0. The van der Waals surface area contributed by atoms with Crippen LogP contribution in [0.1, 0.15) is 17.0 Å². The van der Waals surface area contributed by atoms with Gasteiger partial charge in [-0.1, -0.05) is 18.2 Å². The summed E-state index contributed by atoms with van der Waals surface area (Å²) < 4.78 is 44.3. The fraction of sp³-hybridized carbons (Fsp3) is 0.238. The SMILES string of the molecule is O=S1(=O)c2ccc(-c3ccc(F)cc3)cc2[C@H]2CN(Cc3ccoc3)C[C@H]21. The lowest BCUT2D eigenvalue weighted by molar-refractivity contribution is 0.324. The highest BCUT2D eigenvalue weighted by Crippen LogP contribution is 2.46. The van der Waals surface area contributed by atoms with Gasteiger partial charge in [-0.25, -0.2) is 12.8 Å². The van der Waals surface area contributed by atoms with E-state index in [0.717, 1.165) is 22.3 Å². The van der Waals surface area contributed by atoms with Crippen molar-refractivity contribution in [3.63, 3.8) is 0 Å². The van der Waals surface area contributed by atoms with E-state index in [1.54, 1.807) is 30.7 Å². The molecular formula is C21H18FNO3S. The van der Waals surface area contributed by atoms with Gasteiger partial charge in [-0.2, -0.15) is 0 Å². The topological polar surface area (TPSA) is 50.5 Å². The fourth-order valence-corrected chi connectivity index (χ4v) is 6.51. The van der Waals surface area contributed by atoms with Crippen LogP contribution >= 0.6 is 0 Å². The molecule has 138 valence electrons. The van der Waals surface area contributed by atoms with E-state index in [4.69, 9.17) is 4.42 Å². The number of nitrogens with zero attached hydrogens (tertiary/aromatic N) is 1. The molecule has 0 amide bonds. The lowest BCUT2D eigenvalue weighted by Gasteiger charge is -2.16. The van der Waals surface area contributed by atoms with Crippen molar-refractivity contribution in [2.75, 3.05) is 13.1 Å². The van der Waals surface area contributed by atoms with Crippen molar-refractivity contribution in [2.24, 2.45) is 0 Å². The quantitative estimate of drug-likeness (QED) is 0.690. The minimum Gasteiger partial charge on any atom is -0.472 e. The molecule has 2 aromatic carbocycles. The Balaban J connectivity index is 1.50. The monoisotopic (exact) mass is 383 g/mol. The molecular weight excluding hydrogens is 365 g/mol. The molecule has 0 radical (unpaired) electrons. The van der Waals surface area contributed by atoms with E-state index >= 15 is 0 Å². The summed E-state index contributed by atoms with van der Waals surface area (Å²) in [6.45, 7) is 1.92. The first-order valence-corrected chi connectivity index (χ1v) is 10.4. The third kappa shape index (κ3) is 2.71. The van der Waals surface area contributed by atoms with Crippen LogP contribution in [-0.4, -0.2) is 31.7 Å². The Morgan fingerprint density at radius 3 is 2.56 bits per heavy atom. The van der Waals surface area contributed by atoms with Gasteiger partial charge in [-0.05, 0) is 47.0 Å². The predicted molar refractivity (Wildman–Crippen MR) is 99.5 cm³/mol. The molecule has 6 heteroatoms. The summed E-state index contributed by atoms with van der Waals surface area (Å²) in [6.07, 6.45) is 3.33. The van der Waals surface area contributed by atoms with Crippen LogP contribution in [-0.2, 0) is 16.4 Å². The first-order valence-electron chi connectivity index (χ1n) is 8.89. The largest absolute Gasteiger partial charge is 0.472 e. The van der Waals surface area contributed by atoms with Gasteiger partial charge in [-0.15, -0.1) is 0 Å². The van der Waals surface area contributed by atoms with Gasteiger partial charge in [0.15, 0.2) is 9.84 Å². The van der Waals surface area contributed by atoms with Gasteiger partial charge in [0.25, 0.3) is 0 Å². The van der Waals surface area contributed by atoms with E-state index in [1.807, 2.05) is 18.2 Å². The maximum absolute atomic E-state index is 13.2. The number of sulfone groups is 1. The van der Waals surface area contributed by atoms with E-state index in [2.05, 4.69) is 4.90 Å². The van der Waals surface area contributed by atoms with Crippen molar-refractivity contribution in [1.29, 1.82) is 0 Å². The van der Waals surface area contributed by atoms with Crippen molar-refractivity contribution in [3.05, 3.63) is 78.0 Å². The summed E-state index contributed by atoms with van der Waals surface area (Å²) in [5.41, 5.74) is 3.73. The summed E-state index contributed by atoms with van der Waals surface area (Å²) in [5.74, 6) is -0.314. The Morgan fingerprint density at radius 1 is 1.04 bits per heavy atom. The van der Waals surface area contributed by atoms with Crippen molar-refractivity contribution < 1.29 is 17.2 Å². The smallest absolute Gasteiger partial charge is 0.183 e. The molecule has 2 atom stereocenters. The normalized spacial score (nSPS) is 23.3. The molecule has 1 fully saturated rings. The predicted octanol–water partition coefficient (Wildman–Crippen LogP) is 3.84. The third-order valence-corrected chi connectivity index (χ3v) is 7.88. The van der Waals surface area contributed by atoms with Gasteiger partial charge in [0.1, 0.15) is 5.82 Å². The van der Waals surface area contributed by atoms with Crippen LogP contribution in [0.15, 0.2) is 70.4 Å². The Hall–Kier alpha value is -2.44. The molecule has 1 saturated heterocycles. The van der Waals surface area contributed by atoms with E-state index in [9.17, 15) is 12.8 Å². The van der Waals surface area contributed by atoms with Crippen LogP contribution in [0.25, 0.3) is 11.1 Å². The number of likely N-dealkylation sites (tertiary alicyclic amines) is 1. The highest BCUT2D eigenvalue weighted by Gasteiger charge is 2.50. The average Bonchev–Trinajstić information content (AvgIpc) is 3.35. The minimum absolute atomic E-state index is 0.0303. The first kappa shape index (κ1) is 16.7. The van der Waals surface area contributed by atoms with Crippen LogP contribution in [0.3, 0.4) is 0 Å². The number of halogens is 1. The highest BCUT2D eigenvalue weighted by atomic mass is 32.2. The van der Waals surface area contributed by atoms with Crippen LogP contribution in [0.4, 0.5) is 4.39 Å². The summed E-state index contributed by atoms with van der Waals surface area (Å²) in [7, 11) is -3.33. The van der Waals surface area contributed by atoms with Crippen molar-refractivity contribution >= 4 is 9.84 Å². The second-order valence-corrected chi connectivity index (χ2v) is 9.41. The van der Waals surface area contributed by atoms with Crippen LogP contribution < -0.4 is 0 Å². The highest BCUT2D eigenvalue weighted by molar-refractivity contribution is 7.92. The van der Waals surface area contributed by atoms with Crippen LogP contribution in [0.5, 0.6) is 0 Å². The molecule has 3 heterocycles. The number of hydrogen-bond acceptors (Lipinski definition) is 4. The molecule has 5 rings (SSSR count). The van der Waals surface area contributed by atoms with Crippen LogP contribution in [0.2, 0.25) is 0 Å². The lowest BCUT2D eigenvalue weighted by Crippen LogP contribution is -2.25. The summed E-state index contributed by atoms with van der Waals surface area (Å²) in [5, 5.41) is -0.400. The zero-order valence-electron chi connectivity index (χ0n) is 14.5. The Kier molecular flexibility index (Phi) is 3.74. The molecule has 0 bridgehead atoms. The molecule has 0 aliphatic carbocycles. The standard InChI is InChI=1S/C21H18FNO3S/c22-17-4-1-15(2-5-17)16-3-6-20-18(9-16)19-11-23(10-14-7-8-26-13-14)12-21(19)27(20,24)25/h1-9,13,19,21H,10-12H2/t19-,21-/m1/s1. The van der Waals surface area contributed by atoms with Gasteiger partial charge in [0.05, 0.1) is 22.7 Å². The molecule has 27 heavy (non-hydrogen) atoms. The summed E-state index contributed by atoms with van der Waals surface area (Å²) in [6, 6.07) is 13.7. The van der Waals surface area contributed by atoms with Crippen molar-refractivity contribution in [3.8, 4) is 11.1 Å². The number of fused-ring (bicyclic) bond motifs is 3. The molecule has 3 aromatic rings. The van der Waals surface area contributed by atoms with Gasteiger partial charge >= 0.3 is 0 Å². The van der Waals surface area contributed by atoms with Gasteiger partial charge in [-0.3, -0.25) is 4.90 Å². The van der Waals surface area contributed by atoms with E-state index in [1.165, 1.54) is 12.1 Å². The Morgan fingerprint density at radius 2 is 1.81 bits per heavy atom.